The summed E-state index contributed by atoms with van der Waals surface area (Å²) in [5.74, 6) is -0.556. The lowest BCUT2D eigenvalue weighted by molar-refractivity contribution is -0.128. The maximum Gasteiger partial charge on any atom is 0.260 e. The molecule has 1 amide bonds. The van der Waals surface area contributed by atoms with Crippen LogP contribution in [0.4, 0.5) is 4.39 Å². The van der Waals surface area contributed by atoms with Crippen molar-refractivity contribution in [3.63, 3.8) is 0 Å². The van der Waals surface area contributed by atoms with Gasteiger partial charge < -0.3 is 10.1 Å². The number of ether oxygens (including phenoxy) is 1. The van der Waals surface area contributed by atoms with Crippen molar-refractivity contribution in [2.24, 2.45) is 0 Å². The Morgan fingerprint density at radius 1 is 1.40 bits per heavy atom. The van der Waals surface area contributed by atoms with Gasteiger partial charge in [0.25, 0.3) is 5.91 Å². The van der Waals surface area contributed by atoms with Crippen LogP contribution in [0.2, 0.25) is 0 Å². The van der Waals surface area contributed by atoms with Crippen LogP contribution in [0.5, 0.6) is 5.75 Å². The first-order valence-electron chi connectivity index (χ1n) is 6.94. The third-order valence-corrected chi connectivity index (χ3v) is 3.55. The smallest absolute Gasteiger partial charge is 0.260 e. The zero-order chi connectivity index (χ0) is 14.5. The topological polar surface area (TPSA) is 38.3 Å². The van der Waals surface area contributed by atoms with Crippen molar-refractivity contribution in [1.29, 1.82) is 0 Å². The fourth-order valence-electron chi connectivity index (χ4n) is 2.27. The van der Waals surface area contributed by atoms with Crippen molar-refractivity contribution < 1.29 is 13.9 Å². The minimum atomic E-state index is -0.711. The van der Waals surface area contributed by atoms with E-state index in [2.05, 4.69) is 11.9 Å². The molecule has 1 atom stereocenters. The molecule has 20 heavy (non-hydrogen) atoms. The molecule has 1 aliphatic carbocycles. The van der Waals surface area contributed by atoms with E-state index in [-0.39, 0.29) is 17.7 Å². The molecule has 4 heteroatoms. The summed E-state index contributed by atoms with van der Waals surface area (Å²) in [7, 11) is 0. The minimum absolute atomic E-state index is 0.104. The Balaban J connectivity index is 1.86. The first-order valence-corrected chi connectivity index (χ1v) is 6.94. The number of carbonyl (C=O) groups is 1. The number of para-hydroxylation sites is 1. The summed E-state index contributed by atoms with van der Waals surface area (Å²) in [6, 6.07) is 6.26. The van der Waals surface area contributed by atoms with Gasteiger partial charge in [0.2, 0.25) is 0 Å². The Bertz CT molecular complexity index is 491. The summed E-state index contributed by atoms with van der Waals surface area (Å²) in [6.45, 7) is 5.58. The van der Waals surface area contributed by atoms with Crippen LogP contribution < -0.4 is 10.1 Å². The third-order valence-electron chi connectivity index (χ3n) is 3.55. The molecule has 1 aromatic carbocycles. The molecule has 2 rings (SSSR count). The van der Waals surface area contributed by atoms with Crippen LogP contribution in [-0.2, 0) is 4.79 Å². The standard InChI is InChI=1S/C16H20FNO2/c1-11-7-9-13(10-8-11)18-16(19)12(2)20-15-6-4-3-5-14(15)17/h3-6,12-13H,1,7-10H2,2H3,(H,18,19). The molecular formula is C16H20FNO2. The average molecular weight is 277 g/mol. The van der Waals surface area contributed by atoms with Crippen molar-refractivity contribution in [2.45, 2.75) is 44.8 Å². The fraction of sp³-hybridized carbons (Fsp3) is 0.438. The number of allylic oxidation sites excluding steroid dienone is 1. The average Bonchev–Trinajstić information content (AvgIpc) is 2.44. The van der Waals surface area contributed by atoms with Crippen LogP contribution >= 0.6 is 0 Å². The summed E-state index contributed by atoms with van der Waals surface area (Å²) in [5, 5.41) is 2.95. The van der Waals surface area contributed by atoms with E-state index in [9.17, 15) is 9.18 Å². The van der Waals surface area contributed by atoms with Gasteiger partial charge in [-0.25, -0.2) is 4.39 Å². The van der Waals surface area contributed by atoms with E-state index in [1.165, 1.54) is 17.7 Å². The van der Waals surface area contributed by atoms with E-state index >= 15 is 0 Å². The van der Waals surface area contributed by atoms with Gasteiger partial charge in [-0.3, -0.25) is 4.79 Å². The highest BCUT2D eigenvalue weighted by Gasteiger charge is 2.22. The van der Waals surface area contributed by atoms with Gasteiger partial charge in [0.05, 0.1) is 0 Å². The Hall–Kier alpha value is -1.84. The Morgan fingerprint density at radius 3 is 2.70 bits per heavy atom. The number of hydrogen-bond acceptors (Lipinski definition) is 2. The highest BCUT2D eigenvalue weighted by molar-refractivity contribution is 5.81. The van der Waals surface area contributed by atoms with Gasteiger partial charge in [-0.05, 0) is 44.7 Å². The van der Waals surface area contributed by atoms with E-state index in [0.717, 1.165) is 25.7 Å². The summed E-state index contributed by atoms with van der Waals surface area (Å²) < 4.78 is 18.8. The molecule has 0 heterocycles. The molecule has 1 aliphatic rings. The molecule has 3 nitrogen and oxygen atoms in total. The highest BCUT2D eigenvalue weighted by Crippen LogP contribution is 2.22. The quantitative estimate of drug-likeness (QED) is 0.858. The molecule has 0 bridgehead atoms. The lowest BCUT2D eigenvalue weighted by atomic mass is 9.92. The predicted octanol–water partition coefficient (Wildman–Crippen LogP) is 3.21. The number of carbonyl (C=O) groups excluding carboxylic acids is 1. The number of amides is 1. The van der Waals surface area contributed by atoms with Crippen molar-refractivity contribution in [2.75, 3.05) is 0 Å². The molecule has 1 fully saturated rings. The fourth-order valence-corrected chi connectivity index (χ4v) is 2.27. The Kier molecular flexibility index (Phi) is 4.77. The van der Waals surface area contributed by atoms with Gasteiger partial charge >= 0.3 is 0 Å². The minimum Gasteiger partial charge on any atom is -0.478 e. The van der Waals surface area contributed by atoms with Crippen molar-refractivity contribution in [1.82, 2.24) is 5.32 Å². The predicted molar refractivity (Wildman–Crippen MR) is 76.0 cm³/mol. The second-order valence-electron chi connectivity index (χ2n) is 5.22. The molecule has 108 valence electrons. The van der Waals surface area contributed by atoms with Gasteiger partial charge in [0, 0.05) is 6.04 Å². The number of halogens is 1. The summed E-state index contributed by atoms with van der Waals surface area (Å²) in [6.07, 6.45) is 3.02. The van der Waals surface area contributed by atoms with Crippen molar-refractivity contribution >= 4 is 5.91 Å². The van der Waals surface area contributed by atoms with Crippen LogP contribution in [0.1, 0.15) is 32.6 Å². The SMILES string of the molecule is C=C1CCC(NC(=O)C(C)Oc2ccccc2F)CC1. The normalized spacial score (nSPS) is 17.6. The van der Waals surface area contributed by atoms with Gasteiger partial charge in [-0.15, -0.1) is 0 Å². The second kappa shape index (κ2) is 6.55. The third kappa shape index (κ3) is 3.83. The van der Waals surface area contributed by atoms with Crippen molar-refractivity contribution in [3.8, 4) is 5.75 Å². The van der Waals surface area contributed by atoms with E-state index in [0.29, 0.717) is 0 Å². The molecule has 0 spiro atoms. The number of nitrogens with one attached hydrogen (secondary N) is 1. The zero-order valence-corrected chi connectivity index (χ0v) is 11.7. The first-order chi connectivity index (χ1) is 9.56. The molecule has 1 saturated carbocycles. The number of rotatable bonds is 4. The Labute approximate surface area is 118 Å². The summed E-state index contributed by atoms with van der Waals surface area (Å²) in [4.78, 5) is 12.0. The maximum atomic E-state index is 13.4. The van der Waals surface area contributed by atoms with E-state index < -0.39 is 11.9 Å². The Morgan fingerprint density at radius 2 is 2.05 bits per heavy atom. The van der Waals surface area contributed by atoms with Crippen LogP contribution in [0, 0.1) is 5.82 Å². The summed E-state index contributed by atoms with van der Waals surface area (Å²) in [5.41, 5.74) is 1.24. The number of hydrogen-bond donors (Lipinski definition) is 1. The molecule has 0 radical (unpaired) electrons. The first kappa shape index (κ1) is 14.6. The van der Waals surface area contributed by atoms with Crippen molar-refractivity contribution in [3.05, 3.63) is 42.2 Å². The van der Waals surface area contributed by atoms with Gasteiger partial charge in [0.1, 0.15) is 0 Å². The maximum absolute atomic E-state index is 13.4. The van der Waals surface area contributed by atoms with Gasteiger partial charge in [-0.2, -0.15) is 0 Å². The molecular weight excluding hydrogens is 257 g/mol. The number of benzene rings is 1. The summed E-state index contributed by atoms with van der Waals surface area (Å²) >= 11 is 0. The van der Waals surface area contributed by atoms with E-state index in [1.807, 2.05) is 0 Å². The zero-order valence-electron chi connectivity index (χ0n) is 11.7. The molecule has 1 unspecified atom stereocenters. The largest absolute Gasteiger partial charge is 0.478 e. The highest BCUT2D eigenvalue weighted by atomic mass is 19.1. The molecule has 1 aromatic rings. The van der Waals surface area contributed by atoms with Crippen LogP contribution in [0.15, 0.2) is 36.4 Å². The molecule has 0 saturated heterocycles. The van der Waals surface area contributed by atoms with Gasteiger partial charge in [0.15, 0.2) is 17.7 Å². The molecule has 1 N–H and O–H groups in total. The van der Waals surface area contributed by atoms with Gasteiger partial charge in [-0.1, -0.05) is 24.3 Å². The second-order valence-corrected chi connectivity index (χ2v) is 5.22. The monoisotopic (exact) mass is 277 g/mol. The van der Waals surface area contributed by atoms with E-state index in [4.69, 9.17) is 4.74 Å². The van der Waals surface area contributed by atoms with Crippen LogP contribution in [-0.4, -0.2) is 18.1 Å². The van der Waals surface area contributed by atoms with E-state index in [1.54, 1.807) is 19.1 Å². The van der Waals surface area contributed by atoms with Crippen LogP contribution in [0.3, 0.4) is 0 Å². The lowest BCUT2D eigenvalue weighted by Crippen LogP contribution is -2.43. The molecule has 0 aliphatic heterocycles. The lowest BCUT2D eigenvalue weighted by Gasteiger charge is -2.25. The molecule has 0 aromatic heterocycles. The van der Waals surface area contributed by atoms with Crippen LogP contribution in [0.25, 0.3) is 0 Å².